The lowest BCUT2D eigenvalue weighted by molar-refractivity contribution is 0.0741. The summed E-state index contributed by atoms with van der Waals surface area (Å²) < 4.78 is 0. The summed E-state index contributed by atoms with van der Waals surface area (Å²) in [6.45, 7) is 8.89. The second-order valence-corrected chi connectivity index (χ2v) is 7.33. The van der Waals surface area contributed by atoms with Crippen molar-refractivity contribution in [1.82, 2.24) is 15.2 Å². The van der Waals surface area contributed by atoms with Gasteiger partial charge in [0.2, 0.25) is 0 Å². The molecule has 0 aliphatic carbocycles. The maximum Gasteiger partial charge on any atom is 0.272 e. The van der Waals surface area contributed by atoms with Crippen molar-refractivity contribution in [1.29, 1.82) is 0 Å². The van der Waals surface area contributed by atoms with Gasteiger partial charge in [0, 0.05) is 49.7 Å². The molecular weight excluding hydrogens is 352 g/mol. The SMILES string of the molecule is CCC(C)NC(=O)c1ccnc(C(=O)N2CCN(c3cccc(C)c3)CC2)c1. The fourth-order valence-corrected chi connectivity index (χ4v) is 3.25. The summed E-state index contributed by atoms with van der Waals surface area (Å²) in [6, 6.07) is 11.7. The number of aromatic nitrogens is 1. The van der Waals surface area contributed by atoms with E-state index in [1.54, 1.807) is 12.1 Å². The molecule has 1 aliphatic rings. The Hall–Kier alpha value is -2.89. The molecule has 2 heterocycles. The van der Waals surface area contributed by atoms with Crippen LogP contribution in [0.1, 0.15) is 46.7 Å². The van der Waals surface area contributed by atoms with Crippen LogP contribution >= 0.6 is 0 Å². The van der Waals surface area contributed by atoms with Crippen LogP contribution < -0.4 is 10.2 Å². The van der Waals surface area contributed by atoms with E-state index in [0.29, 0.717) is 24.3 Å². The Kier molecular flexibility index (Phi) is 6.29. The van der Waals surface area contributed by atoms with E-state index >= 15 is 0 Å². The van der Waals surface area contributed by atoms with Crippen LogP contribution in [0.15, 0.2) is 42.6 Å². The van der Waals surface area contributed by atoms with E-state index in [0.717, 1.165) is 19.5 Å². The minimum atomic E-state index is -0.171. The maximum atomic E-state index is 12.9. The van der Waals surface area contributed by atoms with Crippen LogP contribution in [0.3, 0.4) is 0 Å². The van der Waals surface area contributed by atoms with Crippen LogP contribution in [0.25, 0.3) is 0 Å². The summed E-state index contributed by atoms with van der Waals surface area (Å²) in [5.41, 5.74) is 3.21. The maximum absolute atomic E-state index is 12.9. The smallest absolute Gasteiger partial charge is 0.272 e. The molecule has 1 saturated heterocycles. The summed E-state index contributed by atoms with van der Waals surface area (Å²) in [4.78, 5) is 33.5. The van der Waals surface area contributed by atoms with Gasteiger partial charge in [-0.15, -0.1) is 0 Å². The Morgan fingerprint density at radius 3 is 2.57 bits per heavy atom. The van der Waals surface area contributed by atoms with E-state index < -0.39 is 0 Å². The average molecular weight is 380 g/mol. The Morgan fingerprint density at radius 2 is 1.89 bits per heavy atom. The summed E-state index contributed by atoms with van der Waals surface area (Å²) in [5, 5.41) is 2.92. The molecule has 28 heavy (non-hydrogen) atoms. The molecule has 0 radical (unpaired) electrons. The van der Waals surface area contributed by atoms with Gasteiger partial charge < -0.3 is 15.1 Å². The zero-order valence-corrected chi connectivity index (χ0v) is 16.8. The minimum absolute atomic E-state index is 0.0921. The van der Waals surface area contributed by atoms with Crippen molar-refractivity contribution in [2.24, 2.45) is 0 Å². The number of hydrogen-bond donors (Lipinski definition) is 1. The van der Waals surface area contributed by atoms with E-state index in [4.69, 9.17) is 0 Å². The number of piperazine rings is 1. The van der Waals surface area contributed by atoms with Crippen LogP contribution in [0.5, 0.6) is 0 Å². The van der Waals surface area contributed by atoms with Gasteiger partial charge in [0.15, 0.2) is 0 Å². The van der Waals surface area contributed by atoms with Gasteiger partial charge in [-0.25, -0.2) is 0 Å². The lowest BCUT2D eigenvalue weighted by Gasteiger charge is -2.36. The topological polar surface area (TPSA) is 65.5 Å². The number of anilines is 1. The number of amides is 2. The fraction of sp³-hybridized carbons (Fsp3) is 0.409. The Morgan fingerprint density at radius 1 is 1.14 bits per heavy atom. The highest BCUT2D eigenvalue weighted by atomic mass is 16.2. The number of nitrogens with zero attached hydrogens (tertiary/aromatic N) is 3. The van der Waals surface area contributed by atoms with Crippen molar-refractivity contribution in [2.45, 2.75) is 33.2 Å². The largest absolute Gasteiger partial charge is 0.368 e. The molecule has 0 spiro atoms. The molecule has 3 rings (SSSR count). The van der Waals surface area contributed by atoms with E-state index in [1.807, 2.05) is 18.7 Å². The molecule has 148 valence electrons. The molecule has 1 aliphatic heterocycles. The van der Waals surface area contributed by atoms with Crippen LogP contribution in [0.4, 0.5) is 5.69 Å². The Bertz CT molecular complexity index is 844. The molecule has 0 saturated carbocycles. The van der Waals surface area contributed by atoms with Crippen molar-refractivity contribution in [3.63, 3.8) is 0 Å². The first-order chi connectivity index (χ1) is 13.5. The van der Waals surface area contributed by atoms with Gasteiger partial charge in [0.05, 0.1) is 0 Å². The minimum Gasteiger partial charge on any atom is -0.368 e. The predicted octanol–water partition coefficient (Wildman–Crippen LogP) is 2.88. The molecule has 2 amide bonds. The molecule has 1 aromatic heterocycles. The van der Waals surface area contributed by atoms with Gasteiger partial charge in [0.1, 0.15) is 5.69 Å². The zero-order chi connectivity index (χ0) is 20.1. The highest BCUT2D eigenvalue weighted by molar-refractivity contribution is 5.98. The standard InChI is InChI=1S/C22H28N4O2/c1-4-17(3)24-21(27)18-8-9-23-20(15-18)22(28)26-12-10-25(11-13-26)19-7-5-6-16(2)14-19/h5-9,14-15,17H,4,10-13H2,1-3H3,(H,24,27). The predicted molar refractivity (Wildman–Crippen MR) is 111 cm³/mol. The van der Waals surface area contributed by atoms with Crippen LogP contribution in [0, 0.1) is 6.92 Å². The lowest BCUT2D eigenvalue weighted by Crippen LogP contribution is -2.49. The van der Waals surface area contributed by atoms with Crippen molar-refractivity contribution < 1.29 is 9.59 Å². The van der Waals surface area contributed by atoms with Crippen molar-refractivity contribution in [2.75, 3.05) is 31.1 Å². The number of benzene rings is 1. The fourth-order valence-electron chi connectivity index (χ4n) is 3.25. The summed E-state index contributed by atoms with van der Waals surface area (Å²) in [6.07, 6.45) is 2.38. The van der Waals surface area contributed by atoms with Gasteiger partial charge in [-0.1, -0.05) is 19.1 Å². The number of rotatable bonds is 5. The summed E-state index contributed by atoms with van der Waals surface area (Å²) in [7, 11) is 0. The molecule has 1 N–H and O–H groups in total. The number of pyridine rings is 1. The number of aryl methyl sites for hydroxylation is 1. The lowest BCUT2D eigenvalue weighted by atomic mass is 10.1. The van der Waals surface area contributed by atoms with Gasteiger partial charge >= 0.3 is 0 Å². The monoisotopic (exact) mass is 380 g/mol. The molecule has 1 atom stereocenters. The van der Waals surface area contributed by atoms with Gasteiger partial charge in [0.25, 0.3) is 11.8 Å². The summed E-state index contributed by atoms with van der Waals surface area (Å²) in [5.74, 6) is -0.294. The van der Waals surface area contributed by atoms with Crippen LogP contribution in [0.2, 0.25) is 0 Å². The number of hydrogen-bond acceptors (Lipinski definition) is 4. The number of nitrogens with one attached hydrogen (secondary N) is 1. The molecule has 6 nitrogen and oxygen atoms in total. The van der Waals surface area contributed by atoms with E-state index in [2.05, 4.69) is 46.4 Å². The second-order valence-electron chi connectivity index (χ2n) is 7.33. The van der Waals surface area contributed by atoms with Crippen LogP contribution in [-0.4, -0.2) is 53.9 Å². The quantitative estimate of drug-likeness (QED) is 0.866. The molecule has 1 unspecified atom stereocenters. The molecule has 1 fully saturated rings. The van der Waals surface area contributed by atoms with Gasteiger partial charge in [-0.05, 0) is 50.1 Å². The van der Waals surface area contributed by atoms with Crippen molar-refractivity contribution in [3.8, 4) is 0 Å². The number of carbonyl (C=O) groups is 2. The first-order valence-electron chi connectivity index (χ1n) is 9.85. The Labute approximate surface area is 166 Å². The van der Waals surface area contributed by atoms with Crippen molar-refractivity contribution in [3.05, 3.63) is 59.4 Å². The first kappa shape index (κ1) is 19.9. The Balaban J connectivity index is 1.63. The van der Waals surface area contributed by atoms with E-state index in [9.17, 15) is 9.59 Å². The third-order valence-corrected chi connectivity index (χ3v) is 5.16. The first-order valence-corrected chi connectivity index (χ1v) is 9.85. The third kappa shape index (κ3) is 4.68. The molecule has 1 aromatic carbocycles. The van der Waals surface area contributed by atoms with E-state index in [-0.39, 0.29) is 17.9 Å². The molecular formula is C22H28N4O2. The van der Waals surface area contributed by atoms with Gasteiger partial charge in [-0.2, -0.15) is 0 Å². The third-order valence-electron chi connectivity index (χ3n) is 5.16. The number of carbonyl (C=O) groups excluding carboxylic acids is 2. The normalized spacial score (nSPS) is 15.2. The average Bonchev–Trinajstić information content (AvgIpc) is 2.73. The molecule has 0 bridgehead atoms. The molecule has 2 aromatic rings. The van der Waals surface area contributed by atoms with Crippen molar-refractivity contribution >= 4 is 17.5 Å². The van der Waals surface area contributed by atoms with E-state index in [1.165, 1.54) is 17.4 Å². The van der Waals surface area contributed by atoms with Gasteiger partial charge in [-0.3, -0.25) is 14.6 Å². The van der Waals surface area contributed by atoms with Crippen LogP contribution in [-0.2, 0) is 0 Å². The second kappa shape index (κ2) is 8.87. The highest BCUT2D eigenvalue weighted by Crippen LogP contribution is 2.18. The molecule has 6 heteroatoms. The summed E-state index contributed by atoms with van der Waals surface area (Å²) >= 11 is 0. The highest BCUT2D eigenvalue weighted by Gasteiger charge is 2.24. The zero-order valence-electron chi connectivity index (χ0n) is 16.8.